The van der Waals surface area contributed by atoms with Crippen molar-refractivity contribution in [2.45, 2.75) is 6.42 Å². The quantitative estimate of drug-likeness (QED) is 0.835. The van der Waals surface area contributed by atoms with Crippen molar-refractivity contribution in [1.29, 1.82) is 0 Å². The molecule has 2 heterocycles. The highest BCUT2D eigenvalue weighted by Gasteiger charge is 2.13. The van der Waals surface area contributed by atoms with Crippen molar-refractivity contribution in [3.05, 3.63) is 30.2 Å². The third-order valence-corrected chi connectivity index (χ3v) is 3.05. The maximum Gasteiger partial charge on any atom is 0.162 e. The zero-order valence-corrected chi connectivity index (χ0v) is 10.7. The number of benzene rings is 1. The van der Waals surface area contributed by atoms with Gasteiger partial charge in [-0.3, -0.25) is 0 Å². The molecule has 18 heavy (non-hydrogen) atoms. The van der Waals surface area contributed by atoms with Crippen LogP contribution in [-0.2, 0) is 6.42 Å². The number of nitrogens with one attached hydrogen (secondary N) is 1. The molecule has 0 saturated heterocycles. The lowest BCUT2D eigenvalue weighted by atomic mass is 10.1. The monoisotopic (exact) mass is 262 g/mol. The Balaban J connectivity index is 1.91. The van der Waals surface area contributed by atoms with E-state index in [-0.39, 0.29) is 0 Å². The summed E-state index contributed by atoms with van der Waals surface area (Å²) in [6, 6.07) is 5.92. The van der Waals surface area contributed by atoms with Crippen LogP contribution in [0.2, 0.25) is 0 Å². The third-order valence-electron chi connectivity index (χ3n) is 2.83. The molecule has 4 nitrogen and oxygen atoms in total. The number of rotatable bonds is 3. The Labute approximate surface area is 111 Å². The Hall–Kier alpha value is -1.62. The first-order valence-corrected chi connectivity index (χ1v) is 6.55. The number of imidazole rings is 1. The molecule has 0 amide bonds. The maximum atomic E-state index is 5.57. The van der Waals surface area contributed by atoms with Crippen LogP contribution < -0.4 is 9.47 Å². The van der Waals surface area contributed by atoms with Gasteiger partial charge < -0.3 is 14.5 Å². The highest BCUT2D eigenvalue weighted by atomic mass is 32.1. The standard InChI is InChI=1S/C13H14N2O2S/c18-6-3-13-14-8-10(15-13)9-1-2-11-12(7-9)17-5-4-16-11/h1-2,7-8,18H,3-6H2,(H,14,15). The Morgan fingerprint density at radius 1 is 1.22 bits per heavy atom. The minimum Gasteiger partial charge on any atom is -0.486 e. The number of nitrogens with zero attached hydrogens (tertiary/aromatic N) is 1. The van der Waals surface area contributed by atoms with Gasteiger partial charge in [0.1, 0.15) is 19.0 Å². The number of H-pyrrole nitrogens is 1. The molecule has 94 valence electrons. The van der Waals surface area contributed by atoms with E-state index in [4.69, 9.17) is 9.47 Å². The summed E-state index contributed by atoms with van der Waals surface area (Å²) in [6.45, 7) is 1.22. The number of hydrogen-bond donors (Lipinski definition) is 2. The van der Waals surface area contributed by atoms with Crippen LogP contribution in [-0.4, -0.2) is 28.9 Å². The molecule has 0 aliphatic carbocycles. The number of aromatic nitrogens is 2. The zero-order chi connectivity index (χ0) is 12.4. The van der Waals surface area contributed by atoms with E-state index in [0.29, 0.717) is 13.2 Å². The van der Waals surface area contributed by atoms with Gasteiger partial charge in [0.05, 0.1) is 11.9 Å². The Morgan fingerprint density at radius 3 is 2.89 bits per heavy atom. The summed E-state index contributed by atoms with van der Waals surface area (Å²) >= 11 is 4.20. The lowest BCUT2D eigenvalue weighted by Crippen LogP contribution is -2.15. The maximum absolute atomic E-state index is 5.57. The van der Waals surface area contributed by atoms with Crippen LogP contribution in [0.25, 0.3) is 11.3 Å². The predicted octanol–water partition coefficient (Wildman–Crippen LogP) is 2.32. The molecule has 1 aromatic carbocycles. The van der Waals surface area contributed by atoms with Crippen LogP contribution in [0.1, 0.15) is 5.82 Å². The topological polar surface area (TPSA) is 47.1 Å². The molecule has 1 N–H and O–H groups in total. The molecule has 3 rings (SSSR count). The molecule has 0 unspecified atom stereocenters. The van der Waals surface area contributed by atoms with Gasteiger partial charge in [0.25, 0.3) is 0 Å². The summed E-state index contributed by atoms with van der Waals surface area (Å²) in [5.74, 6) is 3.34. The largest absolute Gasteiger partial charge is 0.486 e. The average Bonchev–Trinajstić information content (AvgIpc) is 2.87. The van der Waals surface area contributed by atoms with Crippen molar-refractivity contribution in [2.24, 2.45) is 0 Å². The van der Waals surface area contributed by atoms with E-state index in [1.807, 2.05) is 24.4 Å². The van der Waals surface area contributed by atoms with Crippen molar-refractivity contribution >= 4 is 12.6 Å². The number of fused-ring (bicyclic) bond motifs is 1. The molecule has 0 fully saturated rings. The smallest absolute Gasteiger partial charge is 0.162 e. The van der Waals surface area contributed by atoms with Crippen molar-refractivity contribution in [1.82, 2.24) is 9.97 Å². The SMILES string of the molecule is SCCc1ncc(-c2ccc3c(c2)OCCO3)[nH]1. The van der Waals surface area contributed by atoms with Gasteiger partial charge in [0, 0.05) is 12.0 Å². The van der Waals surface area contributed by atoms with Gasteiger partial charge >= 0.3 is 0 Å². The summed E-state index contributed by atoms with van der Waals surface area (Å²) in [7, 11) is 0. The van der Waals surface area contributed by atoms with Gasteiger partial charge in [-0.1, -0.05) is 0 Å². The molecule has 0 atom stereocenters. The van der Waals surface area contributed by atoms with Crippen molar-refractivity contribution in [2.75, 3.05) is 19.0 Å². The van der Waals surface area contributed by atoms with Crippen LogP contribution >= 0.6 is 12.6 Å². The second kappa shape index (κ2) is 4.94. The summed E-state index contributed by atoms with van der Waals surface area (Å²) in [5.41, 5.74) is 2.04. The number of aryl methyl sites for hydroxylation is 1. The highest BCUT2D eigenvalue weighted by Crippen LogP contribution is 2.33. The lowest BCUT2D eigenvalue weighted by molar-refractivity contribution is 0.171. The number of aromatic amines is 1. The summed E-state index contributed by atoms with van der Waals surface area (Å²) in [5, 5.41) is 0. The van der Waals surface area contributed by atoms with Gasteiger partial charge in [-0.25, -0.2) is 4.98 Å². The number of hydrogen-bond acceptors (Lipinski definition) is 4. The van der Waals surface area contributed by atoms with Crippen LogP contribution in [0.4, 0.5) is 0 Å². The van der Waals surface area contributed by atoms with E-state index in [1.165, 1.54) is 0 Å². The van der Waals surface area contributed by atoms with Crippen LogP contribution in [0.5, 0.6) is 11.5 Å². The second-order valence-corrected chi connectivity index (χ2v) is 4.52. The molecular weight excluding hydrogens is 248 g/mol. The first-order chi connectivity index (χ1) is 8.86. The molecular formula is C13H14N2O2S. The fourth-order valence-electron chi connectivity index (χ4n) is 1.95. The van der Waals surface area contributed by atoms with E-state index >= 15 is 0 Å². The van der Waals surface area contributed by atoms with Crippen molar-refractivity contribution in [3.8, 4) is 22.8 Å². The van der Waals surface area contributed by atoms with Crippen molar-refractivity contribution in [3.63, 3.8) is 0 Å². The minimum absolute atomic E-state index is 0.602. The van der Waals surface area contributed by atoms with Crippen LogP contribution in [0.15, 0.2) is 24.4 Å². The zero-order valence-electron chi connectivity index (χ0n) is 9.85. The Kier molecular flexibility index (Phi) is 3.15. The molecule has 5 heteroatoms. The summed E-state index contributed by atoms with van der Waals surface area (Å²) in [4.78, 5) is 7.60. The second-order valence-electron chi connectivity index (χ2n) is 4.08. The van der Waals surface area contributed by atoms with E-state index in [9.17, 15) is 0 Å². The normalized spacial score (nSPS) is 13.6. The predicted molar refractivity (Wildman–Crippen MR) is 72.6 cm³/mol. The van der Waals surface area contributed by atoms with Gasteiger partial charge in [-0.15, -0.1) is 0 Å². The summed E-state index contributed by atoms with van der Waals surface area (Å²) in [6.07, 6.45) is 2.68. The van der Waals surface area contributed by atoms with Crippen molar-refractivity contribution < 1.29 is 9.47 Å². The third kappa shape index (κ3) is 2.18. The first-order valence-electron chi connectivity index (χ1n) is 5.91. The van der Waals surface area contributed by atoms with Gasteiger partial charge in [-0.2, -0.15) is 12.6 Å². The van der Waals surface area contributed by atoms with Crippen LogP contribution in [0, 0.1) is 0 Å². The van der Waals surface area contributed by atoms with Crippen LogP contribution in [0.3, 0.4) is 0 Å². The summed E-state index contributed by atoms with van der Waals surface area (Å²) < 4.78 is 11.1. The lowest BCUT2D eigenvalue weighted by Gasteiger charge is -2.18. The molecule has 0 spiro atoms. The molecule has 0 saturated carbocycles. The van der Waals surface area contributed by atoms with Gasteiger partial charge in [-0.05, 0) is 24.0 Å². The number of ether oxygens (including phenoxy) is 2. The first kappa shape index (κ1) is 11.5. The molecule has 1 aromatic heterocycles. The average molecular weight is 262 g/mol. The molecule has 0 radical (unpaired) electrons. The molecule has 1 aliphatic heterocycles. The fraction of sp³-hybridized carbons (Fsp3) is 0.308. The molecule has 2 aromatic rings. The number of thiol groups is 1. The van der Waals surface area contributed by atoms with E-state index in [2.05, 4.69) is 22.6 Å². The van der Waals surface area contributed by atoms with Gasteiger partial charge in [0.2, 0.25) is 0 Å². The minimum atomic E-state index is 0.602. The Bertz CT molecular complexity index is 554. The van der Waals surface area contributed by atoms with Gasteiger partial charge in [0.15, 0.2) is 11.5 Å². The Morgan fingerprint density at radius 2 is 2.06 bits per heavy atom. The van der Waals surface area contributed by atoms with E-state index in [1.54, 1.807) is 0 Å². The molecule has 1 aliphatic rings. The van der Waals surface area contributed by atoms with E-state index < -0.39 is 0 Å². The molecule has 0 bridgehead atoms. The highest BCUT2D eigenvalue weighted by molar-refractivity contribution is 7.80. The van der Waals surface area contributed by atoms with E-state index in [0.717, 1.165) is 40.8 Å². The fourth-order valence-corrected chi connectivity index (χ4v) is 2.16.